The highest BCUT2D eigenvalue weighted by molar-refractivity contribution is 7.91. The van der Waals surface area contributed by atoms with E-state index in [-0.39, 0.29) is 16.5 Å². The molecule has 2 aromatic rings. The summed E-state index contributed by atoms with van der Waals surface area (Å²) in [6.07, 6.45) is 3.02. The smallest absolute Gasteiger partial charge is 0.245 e. The maximum atomic E-state index is 12.5. The van der Waals surface area contributed by atoms with Gasteiger partial charge in [-0.15, -0.1) is 0 Å². The summed E-state index contributed by atoms with van der Waals surface area (Å²) in [5.41, 5.74) is -0.297. The molecule has 0 aliphatic carbocycles. The van der Waals surface area contributed by atoms with E-state index in [0.717, 1.165) is 0 Å². The molecule has 0 bridgehead atoms. The summed E-state index contributed by atoms with van der Waals surface area (Å²) in [5.74, 6) is 0.562. The van der Waals surface area contributed by atoms with Gasteiger partial charge < -0.3 is 9.09 Å². The summed E-state index contributed by atoms with van der Waals surface area (Å²) < 4.78 is 31.5. The molecular weight excluding hydrogens is 280 g/mol. The minimum Gasteiger partial charge on any atom is -0.338 e. The Morgan fingerprint density at radius 3 is 2.45 bits per heavy atom. The van der Waals surface area contributed by atoms with Crippen LogP contribution < -0.4 is 0 Å². The number of sulfone groups is 1. The van der Waals surface area contributed by atoms with Crippen molar-refractivity contribution in [3.05, 3.63) is 24.1 Å². The predicted octanol–water partition coefficient (Wildman–Crippen LogP) is 1.64. The zero-order chi connectivity index (χ0) is 15.1. The summed E-state index contributed by atoms with van der Waals surface area (Å²) in [6.45, 7) is 7.31. The van der Waals surface area contributed by atoms with Gasteiger partial charge >= 0.3 is 0 Å². The molecule has 1 atom stereocenters. The molecule has 2 rings (SSSR count). The topological polar surface area (TPSA) is 90.9 Å². The van der Waals surface area contributed by atoms with Crippen LogP contribution in [-0.2, 0) is 22.3 Å². The second-order valence-corrected chi connectivity index (χ2v) is 7.88. The summed E-state index contributed by atoms with van der Waals surface area (Å²) in [5, 5.41) is 2.90. The molecule has 0 fully saturated rings. The van der Waals surface area contributed by atoms with Gasteiger partial charge in [-0.3, -0.25) is 0 Å². The highest BCUT2D eigenvalue weighted by Gasteiger charge is 2.34. The molecule has 110 valence electrons. The van der Waals surface area contributed by atoms with Gasteiger partial charge in [-0.05, 0) is 6.92 Å². The highest BCUT2D eigenvalue weighted by atomic mass is 32.2. The third kappa shape index (κ3) is 2.47. The molecule has 0 N–H and O–H groups in total. The first kappa shape index (κ1) is 14.7. The van der Waals surface area contributed by atoms with Crippen molar-refractivity contribution in [2.24, 2.45) is 7.05 Å². The Bertz CT molecular complexity index is 709. The first-order valence-electron chi connectivity index (χ1n) is 6.19. The number of aryl methyl sites for hydroxylation is 1. The maximum absolute atomic E-state index is 12.5. The monoisotopic (exact) mass is 298 g/mol. The fourth-order valence-corrected chi connectivity index (χ4v) is 2.97. The molecule has 0 saturated heterocycles. The van der Waals surface area contributed by atoms with Crippen molar-refractivity contribution in [2.45, 2.75) is 43.5 Å². The quantitative estimate of drug-likeness (QED) is 0.855. The summed E-state index contributed by atoms with van der Waals surface area (Å²) >= 11 is 0. The molecule has 0 saturated carbocycles. The molecule has 0 amide bonds. The van der Waals surface area contributed by atoms with Gasteiger partial charge in [0.2, 0.25) is 20.9 Å². The van der Waals surface area contributed by atoms with Gasteiger partial charge in [0.1, 0.15) is 5.25 Å². The molecular formula is C12H18N4O3S. The van der Waals surface area contributed by atoms with Crippen LogP contribution in [0.2, 0.25) is 0 Å². The summed E-state index contributed by atoms with van der Waals surface area (Å²) in [6, 6.07) is 0. The molecule has 0 aliphatic rings. The molecule has 1 unspecified atom stereocenters. The number of nitrogens with zero attached hydrogens (tertiary/aromatic N) is 4. The van der Waals surface area contributed by atoms with E-state index in [4.69, 9.17) is 4.52 Å². The van der Waals surface area contributed by atoms with Gasteiger partial charge in [0.15, 0.2) is 5.82 Å². The van der Waals surface area contributed by atoms with Crippen LogP contribution in [0.1, 0.15) is 44.7 Å². The average molecular weight is 298 g/mol. The van der Waals surface area contributed by atoms with E-state index in [1.54, 1.807) is 13.2 Å². The van der Waals surface area contributed by atoms with E-state index < -0.39 is 15.1 Å². The first-order valence-corrected chi connectivity index (χ1v) is 7.74. The molecule has 2 aromatic heterocycles. The van der Waals surface area contributed by atoms with E-state index in [0.29, 0.717) is 5.82 Å². The van der Waals surface area contributed by atoms with E-state index >= 15 is 0 Å². The van der Waals surface area contributed by atoms with Crippen molar-refractivity contribution in [1.82, 2.24) is 19.7 Å². The second kappa shape index (κ2) is 4.69. The lowest BCUT2D eigenvalue weighted by molar-refractivity contribution is 0.361. The van der Waals surface area contributed by atoms with E-state index in [1.165, 1.54) is 17.7 Å². The average Bonchev–Trinajstić information content (AvgIpc) is 2.95. The second-order valence-electron chi connectivity index (χ2n) is 5.71. The van der Waals surface area contributed by atoms with Crippen LogP contribution in [0.15, 0.2) is 22.1 Å². The zero-order valence-corrected chi connectivity index (χ0v) is 13.0. The predicted molar refractivity (Wildman–Crippen MR) is 71.8 cm³/mol. The van der Waals surface area contributed by atoms with Gasteiger partial charge in [-0.1, -0.05) is 25.9 Å². The Labute approximate surface area is 117 Å². The number of aromatic nitrogens is 4. The fourth-order valence-electron chi connectivity index (χ4n) is 1.62. The number of hydrogen-bond acceptors (Lipinski definition) is 6. The fraction of sp³-hybridized carbons (Fsp3) is 0.583. The number of imidazole rings is 1. The van der Waals surface area contributed by atoms with Crippen LogP contribution in [-0.4, -0.2) is 28.1 Å². The van der Waals surface area contributed by atoms with Crippen molar-refractivity contribution in [3.8, 4) is 0 Å². The summed E-state index contributed by atoms with van der Waals surface area (Å²) in [4.78, 5) is 8.07. The Morgan fingerprint density at radius 1 is 1.35 bits per heavy atom. The normalized spacial score (nSPS) is 14.4. The van der Waals surface area contributed by atoms with E-state index in [1.807, 2.05) is 20.8 Å². The molecule has 0 radical (unpaired) electrons. The van der Waals surface area contributed by atoms with Crippen LogP contribution in [0.25, 0.3) is 0 Å². The minimum atomic E-state index is -3.66. The molecule has 0 aliphatic heterocycles. The third-order valence-corrected chi connectivity index (χ3v) is 4.99. The lowest BCUT2D eigenvalue weighted by atomic mass is 9.96. The largest absolute Gasteiger partial charge is 0.338 e. The van der Waals surface area contributed by atoms with Crippen LogP contribution in [0.4, 0.5) is 0 Å². The Balaban J connectivity index is 2.39. The van der Waals surface area contributed by atoms with Gasteiger partial charge in [-0.2, -0.15) is 4.98 Å². The molecule has 7 nitrogen and oxygen atoms in total. The molecule has 20 heavy (non-hydrogen) atoms. The Hall–Kier alpha value is -1.70. The molecule has 0 spiro atoms. The molecule has 8 heteroatoms. The van der Waals surface area contributed by atoms with E-state index in [2.05, 4.69) is 15.1 Å². The molecule has 2 heterocycles. The Kier molecular flexibility index (Phi) is 3.45. The standard InChI is InChI=1S/C12H18N4O3S/c1-8(9-14-10(15-19-9)12(2,3)4)20(17,18)11-13-6-7-16(11)5/h6-8H,1-5H3. The van der Waals surface area contributed by atoms with Crippen molar-refractivity contribution >= 4 is 9.84 Å². The van der Waals surface area contributed by atoms with Gasteiger partial charge in [0.25, 0.3) is 0 Å². The van der Waals surface area contributed by atoms with Crippen molar-refractivity contribution in [3.63, 3.8) is 0 Å². The SMILES string of the molecule is CC(c1nc(C(C)(C)C)no1)S(=O)(=O)c1nccn1C. The van der Waals surface area contributed by atoms with Crippen molar-refractivity contribution in [1.29, 1.82) is 0 Å². The Morgan fingerprint density at radius 2 is 2.00 bits per heavy atom. The first-order chi connectivity index (χ1) is 9.14. The van der Waals surface area contributed by atoms with Crippen molar-refractivity contribution in [2.75, 3.05) is 0 Å². The van der Waals surface area contributed by atoms with E-state index in [9.17, 15) is 8.42 Å². The third-order valence-electron chi connectivity index (χ3n) is 2.96. The van der Waals surface area contributed by atoms with Crippen molar-refractivity contribution < 1.29 is 12.9 Å². The van der Waals surface area contributed by atoms with Crippen LogP contribution in [0.5, 0.6) is 0 Å². The van der Waals surface area contributed by atoms with Crippen LogP contribution >= 0.6 is 0 Å². The zero-order valence-electron chi connectivity index (χ0n) is 12.2. The maximum Gasteiger partial charge on any atom is 0.245 e. The van der Waals surface area contributed by atoms with Gasteiger partial charge in [0.05, 0.1) is 0 Å². The van der Waals surface area contributed by atoms with Gasteiger partial charge in [-0.25, -0.2) is 13.4 Å². The lowest BCUT2D eigenvalue weighted by Gasteiger charge is -2.11. The minimum absolute atomic E-state index is 0.0134. The number of rotatable bonds is 3. The highest BCUT2D eigenvalue weighted by Crippen LogP contribution is 2.28. The summed E-state index contributed by atoms with van der Waals surface area (Å²) in [7, 11) is -2.03. The lowest BCUT2D eigenvalue weighted by Crippen LogP contribution is -2.17. The van der Waals surface area contributed by atoms with Crippen LogP contribution in [0.3, 0.4) is 0 Å². The number of hydrogen-bond donors (Lipinski definition) is 0. The van der Waals surface area contributed by atoms with Gasteiger partial charge in [0, 0.05) is 24.9 Å². The van der Waals surface area contributed by atoms with Crippen LogP contribution in [0, 0.1) is 0 Å². The molecule has 0 aromatic carbocycles.